The van der Waals surface area contributed by atoms with Crippen LogP contribution in [0.2, 0.25) is 0 Å². The molecule has 126 valence electrons. The first-order chi connectivity index (χ1) is 11.0. The van der Waals surface area contributed by atoms with Gasteiger partial charge in [-0.15, -0.1) is 0 Å². The van der Waals surface area contributed by atoms with E-state index in [9.17, 15) is 14.0 Å². The van der Waals surface area contributed by atoms with Crippen molar-refractivity contribution in [2.45, 2.75) is 13.8 Å². The fourth-order valence-electron chi connectivity index (χ4n) is 2.25. The van der Waals surface area contributed by atoms with Gasteiger partial charge in [0, 0.05) is 38.4 Å². The van der Waals surface area contributed by atoms with Crippen molar-refractivity contribution in [2.24, 2.45) is 5.92 Å². The molecule has 1 aromatic rings. The Morgan fingerprint density at radius 3 is 2.09 bits per heavy atom. The van der Waals surface area contributed by atoms with Gasteiger partial charge in [-0.1, -0.05) is 13.8 Å². The maximum Gasteiger partial charge on any atom is 0.321 e. The highest BCUT2D eigenvalue weighted by Gasteiger charge is 2.24. The average molecular weight is 322 g/mol. The van der Waals surface area contributed by atoms with E-state index in [1.165, 1.54) is 24.3 Å². The molecule has 0 aromatic heterocycles. The van der Waals surface area contributed by atoms with E-state index in [-0.39, 0.29) is 17.9 Å². The number of anilines is 1. The van der Waals surface area contributed by atoms with Crippen molar-refractivity contribution in [1.82, 2.24) is 15.1 Å². The molecule has 7 heteroatoms. The lowest BCUT2D eigenvalue weighted by Gasteiger charge is -2.34. The Hall–Kier alpha value is -2.31. The summed E-state index contributed by atoms with van der Waals surface area (Å²) in [5, 5.41) is 5.60. The number of amides is 4. The highest BCUT2D eigenvalue weighted by Crippen LogP contribution is 2.10. The molecule has 0 aliphatic carbocycles. The Morgan fingerprint density at radius 1 is 1.04 bits per heavy atom. The van der Waals surface area contributed by atoms with E-state index < -0.39 is 0 Å². The number of hydrogen-bond donors (Lipinski definition) is 2. The van der Waals surface area contributed by atoms with Crippen LogP contribution in [0.25, 0.3) is 0 Å². The fourth-order valence-corrected chi connectivity index (χ4v) is 2.25. The molecule has 0 spiro atoms. The lowest BCUT2D eigenvalue weighted by molar-refractivity contribution is 0.148. The van der Waals surface area contributed by atoms with Crippen LogP contribution in [0.1, 0.15) is 13.8 Å². The van der Waals surface area contributed by atoms with Crippen LogP contribution in [0, 0.1) is 11.7 Å². The van der Waals surface area contributed by atoms with Gasteiger partial charge in [0.25, 0.3) is 0 Å². The largest absolute Gasteiger partial charge is 0.338 e. The first kappa shape index (κ1) is 17.1. The van der Waals surface area contributed by atoms with E-state index in [1.54, 1.807) is 9.80 Å². The maximum atomic E-state index is 12.8. The molecule has 0 radical (unpaired) electrons. The highest BCUT2D eigenvalue weighted by molar-refractivity contribution is 5.89. The van der Waals surface area contributed by atoms with Crippen molar-refractivity contribution >= 4 is 17.7 Å². The molecule has 2 rings (SSSR count). The number of piperazine rings is 1. The van der Waals surface area contributed by atoms with Crippen LogP contribution in [-0.4, -0.2) is 54.6 Å². The molecular weight excluding hydrogens is 299 g/mol. The zero-order valence-electron chi connectivity index (χ0n) is 13.5. The van der Waals surface area contributed by atoms with Gasteiger partial charge in [0.2, 0.25) is 0 Å². The Balaban J connectivity index is 1.78. The zero-order valence-corrected chi connectivity index (χ0v) is 13.5. The van der Waals surface area contributed by atoms with Crippen LogP contribution in [-0.2, 0) is 0 Å². The first-order valence-corrected chi connectivity index (χ1v) is 7.80. The summed E-state index contributed by atoms with van der Waals surface area (Å²) < 4.78 is 12.8. The topological polar surface area (TPSA) is 64.7 Å². The van der Waals surface area contributed by atoms with Gasteiger partial charge in [0.1, 0.15) is 5.82 Å². The van der Waals surface area contributed by atoms with Gasteiger partial charge in [-0.05, 0) is 30.2 Å². The van der Waals surface area contributed by atoms with Crippen LogP contribution in [0.3, 0.4) is 0 Å². The van der Waals surface area contributed by atoms with Crippen LogP contribution in [0.15, 0.2) is 24.3 Å². The summed E-state index contributed by atoms with van der Waals surface area (Å²) in [5.41, 5.74) is 0.550. The summed E-state index contributed by atoms with van der Waals surface area (Å²) in [6.07, 6.45) is 0. The molecule has 0 bridgehead atoms. The molecule has 4 amide bonds. The number of carbonyl (C=O) groups excluding carboxylic acids is 2. The van der Waals surface area contributed by atoms with E-state index in [2.05, 4.69) is 10.6 Å². The van der Waals surface area contributed by atoms with Gasteiger partial charge >= 0.3 is 12.1 Å². The highest BCUT2D eigenvalue weighted by atomic mass is 19.1. The molecule has 1 aromatic carbocycles. The van der Waals surface area contributed by atoms with Crippen LogP contribution < -0.4 is 10.6 Å². The minimum atomic E-state index is -0.343. The van der Waals surface area contributed by atoms with E-state index in [4.69, 9.17) is 0 Å². The number of urea groups is 2. The van der Waals surface area contributed by atoms with Crippen LogP contribution in [0.4, 0.5) is 19.7 Å². The third-order valence-electron chi connectivity index (χ3n) is 3.61. The number of halogens is 1. The molecule has 1 fully saturated rings. The number of hydrogen-bond acceptors (Lipinski definition) is 2. The van der Waals surface area contributed by atoms with E-state index in [0.717, 1.165) is 0 Å². The smallest absolute Gasteiger partial charge is 0.321 e. The Kier molecular flexibility index (Phi) is 5.78. The molecular formula is C16H23FN4O2. The van der Waals surface area contributed by atoms with E-state index in [1.807, 2.05) is 13.8 Å². The summed E-state index contributed by atoms with van der Waals surface area (Å²) in [7, 11) is 0. The molecule has 0 unspecified atom stereocenters. The summed E-state index contributed by atoms with van der Waals surface area (Å²) in [4.78, 5) is 27.5. The summed E-state index contributed by atoms with van der Waals surface area (Å²) in [5.74, 6) is 0.0609. The lowest BCUT2D eigenvalue weighted by atomic mass is 10.2. The number of nitrogens with one attached hydrogen (secondary N) is 2. The maximum absolute atomic E-state index is 12.8. The summed E-state index contributed by atoms with van der Waals surface area (Å²) >= 11 is 0. The Bertz CT molecular complexity index is 540. The van der Waals surface area contributed by atoms with Crippen molar-refractivity contribution in [3.63, 3.8) is 0 Å². The first-order valence-electron chi connectivity index (χ1n) is 7.80. The van der Waals surface area contributed by atoms with Crippen LogP contribution in [0.5, 0.6) is 0 Å². The average Bonchev–Trinajstić information content (AvgIpc) is 2.55. The number of nitrogens with zero attached hydrogens (tertiary/aromatic N) is 2. The lowest BCUT2D eigenvalue weighted by Crippen LogP contribution is -2.54. The van der Waals surface area contributed by atoms with Crippen LogP contribution >= 0.6 is 0 Å². The van der Waals surface area contributed by atoms with Gasteiger partial charge in [0.15, 0.2) is 0 Å². The SMILES string of the molecule is CC(C)CNC(=O)N1CCN(C(=O)Nc2ccc(F)cc2)CC1. The van der Waals surface area contributed by atoms with Crippen molar-refractivity contribution in [1.29, 1.82) is 0 Å². The second-order valence-electron chi connectivity index (χ2n) is 5.99. The summed E-state index contributed by atoms with van der Waals surface area (Å²) in [6, 6.07) is 5.31. The third-order valence-corrected chi connectivity index (χ3v) is 3.61. The minimum absolute atomic E-state index is 0.0858. The van der Waals surface area contributed by atoms with E-state index in [0.29, 0.717) is 44.3 Å². The van der Waals surface area contributed by atoms with Gasteiger partial charge in [-0.3, -0.25) is 0 Å². The molecule has 6 nitrogen and oxygen atoms in total. The number of benzene rings is 1. The summed E-state index contributed by atoms with van der Waals surface area (Å²) in [6.45, 7) is 6.67. The molecule has 1 saturated heterocycles. The molecule has 0 atom stereocenters. The fraction of sp³-hybridized carbons (Fsp3) is 0.500. The third kappa shape index (κ3) is 5.12. The molecule has 2 N–H and O–H groups in total. The Labute approximate surface area is 135 Å². The normalized spacial score (nSPS) is 14.8. The van der Waals surface area contributed by atoms with Crippen molar-refractivity contribution < 1.29 is 14.0 Å². The van der Waals surface area contributed by atoms with E-state index >= 15 is 0 Å². The molecule has 1 aliphatic heterocycles. The van der Waals surface area contributed by atoms with Crippen molar-refractivity contribution in [2.75, 3.05) is 38.0 Å². The predicted molar refractivity (Wildman–Crippen MR) is 86.8 cm³/mol. The monoisotopic (exact) mass is 322 g/mol. The molecule has 23 heavy (non-hydrogen) atoms. The van der Waals surface area contributed by atoms with Gasteiger partial charge in [-0.25, -0.2) is 14.0 Å². The standard InChI is InChI=1S/C16H23FN4O2/c1-12(2)11-18-15(22)20-7-9-21(10-8-20)16(23)19-14-5-3-13(17)4-6-14/h3-6,12H,7-11H2,1-2H3,(H,18,22)(H,19,23). The molecule has 1 heterocycles. The second kappa shape index (κ2) is 7.80. The number of rotatable bonds is 3. The zero-order chi connectivity index (χ0) is 16.8. The van der Waals surface area contributed by atoms with Gasteiger partial charge in [-0.2, -0.15) is 0 Å². The minimum Gasteiger partial charge on any atom is -0.338 e. The Morgan fingerprint density at radius 2 is 1.57 bits per heavy atom. The molecule has 1 aliphatic rings. The van der Waals surface area contributed by atoms with Crippen molar-refractivity contribution in [3.8, 4) is 0 Å². The predicted octanol–water partition coefficient (Wildman–Crippen LogP) is 2.34. The van der Waals surface area contributed by atoms with Gasteiger partial charge < -0.3 is 20.4 Å². The van der Waals surface area contributed by atoms with Gasteiger partial charge in [0.05, 0.1) is 0 Å². The quantitative estimate of drug-likeness (QED) is 0.897. The second-order valence-corrected chi connectivity index (χ2v) is 5.99. The number of carbonyl (C=O) groups is 2. The van der Waals surface area contributed by atoms with Crippen molar-refractivity contribution in [3.05, 3.63) is 30.1 Å². The molecule has 0 saturated carbocycles.